The number of aromatic nitrogens is 2. The van der Waals surface area contributed by atoms with E-state index in [0.29, 0.717) is 11.2 Å². The molecule has 0 radical (unpaired) electrons. The summed E-state index contributed by atoms with van der Waals surface area (Å²) in [5.74, 6) is 0.227. The molecule has 0 amide bonds. The van der Waals surface area contributed by atoms with E-state index in [-0.39, 0.29) is 16.9 Å². The lowest BCUT2D eigenvalue weighted by Crippen LogP contribution is -2.22. The zero-order chi connectivity index (χ0) is 16.4. The minimum absolute atomic E-state index is 0.137. The second-order valence-electron chi connectivity index (χ2n) is 4.72. The van der Waals surface area contributed by atoms with E-state index in [1.54, 1.807) is 30.3 Å². The fourth-order valence-electron chi connectivity index (χ4n) is 2.31. The van der Waals surface area contributed by atoms with Crippen LogP contribution in [0.15, 0.2) is 59.6 Å². The maximum Gasteiger partial charge on any atom is 0.270 e. The number of nitro benzene ring substituents is 1. The predicted octanol–water partition coefficient (Wildman–Crippen LogP) is 2.82. The third-order valence-corrected chi connectivity index (χ3v) is 3.33. The van der Waals surface area contributed by atoms with Gasteiger partial charge in [-0.05, 0) is 18.2 Å². The molecule has 0 saturated carbocycles. The highest BCUT2D eigenvalue weighted by Gasteiger charge is 2.14. The van der Waals surface area contributed by atoms with Crippen molar-refractivity contribution in [2.24, 2.45) is 0 Å². The maximum absolute atomic E-state index is 12.8. The Morgan fingerprint density at radius 2 is 1.91 bits per heavy atom. The van der Waals surface area contributed by atoms with Crippen molar-refractivity contribution in [3.8, 4) is 5.69 Å². The van der Waals surface area contributed by atoms with Crippen LogP contribution in [0.2, 0.25) is 0 Å². The monoisotopic (exact) mass is 309 g/mol. The summed E-state index contributed by atoms with van der Waals surface area (Å²) < 4.78 is 1.29. The average molecular weight is 309 g/mol. The largest absolute Gasteiger partial charge is 0.515 e. The standard InChI is InChI=1S/C16H11N3O4/c20-9-8-15-17-14-7-6-12(19(22)23)10-13(14)16(21)18(15)11-4-2-1-3-5-11/h1-10,20H/b9-8+. The van der Waals surface area contributed by atoms with E-state index in [1.165, 1.54) is 28.8 Å². The van der Waals surface area contributed by atoms with Crippen LogP contribution in [-0.4, -0.2) is 19.6 Å². The van der Waals surface area contributed by atoms with E-state index in [1.807, 2.05) is 0 Å². The first kappa shape index (κ1) is 14.5. The lowest BCUT2D eigenvalue weighted by Gasteiger charge is -2.10. The lowest BCUT2D eigenvalue weighted by molar-refractivity contribution is -0.384. The quantitative estimate of drug-likeness (QED) is 0.455. The number of rotatable bonds is 3. The highest BCUT2D eigenvalue weighted by molar-refractivity contribution is 5.81. The summed E-state index contributed by atoms with van der Waals surface area (Å²) in [6.45, 7) is 0. The van der Waals surface area contributed by atoms with Gasteiger partial charge in [0.05, 0.1) is 27.8 Å². The van der Waals surface area contributed by atoms with E-state index in [4.69, 9.17) is 5.11 Å². The van der Waals surface area contributed by atoms with Crippen LogP contribution in [0.25, 0.3) is 22.7 Å². The molecule has 114 valence electrons. The molecule has 2 aromatic carbocycles. The van der Waals surface area contributed by atoms with E-state index in [2.05, 4.69) is 4.98 Å². The van der Waals surface area contributed by atoms with E-state index in [9.17, 15) is 14.9 Å². The van der Waals surface area contributed by atoms with Crippen molar-refractivity contribution in [2.75, 3.05) is 0 Å². The molecule has 3 aromatic rings. The van der Waals surface area contributed by atoms with Gasteiger partial charge in [0.2, 0.25) is 0 Å². The zero-order valence-corrected chi connectivity index (χ0v) is 11.8. The van der Waals surface area contributed by atoms with Crippen LogP contribution in [0.1, 0.15) is 5.82 Å². The molecule has 0 fully saturated rings. The zero-order valence-electron chi connectivity index (χ0n) is 11.8. The van der Waals surface area contributed by atoms with Crippen LogP contribution in [0, 0.1) is 10.1 Å². The number of para-hydroxylation sites is 1. The molecule has 1 heterocycles. The third-order valence-electron chi connectivity index (χ3n) is 3.33. The van der Waals surface area contributed by atoms with Crippen LogP contribution >= 0.6 is 0 Å². The molecule has 0 spiro atoms. The number of benzene rings is 2. The van der Waals surface area contributed by atoms with E-state index in [0.717, 1.165) is 6.26 Å². The SMILES string of the molecule is O=c1c2cc([N+](=O)[O-])ccc2nc(/C=C/O)n1-c1ccccc1. The van der Waals surface area contributed by atoms with Crippen molar-refractivity contribution in [3.05, 3.63) is 81.1 Å². The molecule has 0 aliphatic heterocycles. The van der Waals surface area contributed by atoms with Crippen molar-refractivity contribution in [1.29, 1.82) is 0 Å². The highest BCUT2D eigenvalue weighted by atomic mass is 16.6. The predicted molar refractivity (Wildman–Crippen MR) is 85.7 cm³/mol. The molecule has 0 aliphatic carbocycles. The van der Waals surface area contributed by atoms with Gasteiger partial charge in [0.15, 0.2) is 0 Å². The average Bonchev–Trinajstić information content (AvgIpc) is 2.56. The fraction of sp³-hybridized carbons (Fsp3) is 0. The molecule has 0 atom stereocenters. The van der Waals surface area contributed by atoms with Gasteiger partial charge in [-0.15, -0.1) is 0 Å². The van der Waals surface area contributed by atoms with Crippen LogP contribution in [0.3, 0.4) is 0 Å². The van der Waals surface area contributed by atoms with Gasteiger partial charge in [0.25, 0.3) is 11.2 Å². The Labute approximate surface area is 129 Å². The summed E-state index contributed by atoms with van der Waals surface area (Å²) >= 11 is 0. The Kier molecular flexibility index (Phi) is 3.60. The Balaban J connectivity index is 2.40. The first-order chi connectivity index (χ1) is 11.1. The van der Waals surface area contributed by atoms with Crippen molar-refractivity contribution < 1.29 is 10.0 Å². The Hall–Kier alpha value is -3.48. The topological polar surface area (TPSA) is 98.3 Å². The number of nitrogens with zero attached hydrogens (tertiary/aromatic N) is 3. The summed E-state index contributed by atoms with van der Waals surface area (Å²) in [6.07, 6.45) is 2.08. The Morgan fingerprint density at radius 3 is 2.57 bits per heavy atom. The Morgan fingerprint density at radius 1 is 1.17 bits per heavy atom. The minimum Gasteiger partial charge on any atom is -0.515 e. The highest BCUT2D eigenvalue weighted by Crippen LogP contribution is 2.19. The number of aliphatic hydroxyl groups is 1. The molecule has 0 saturated heterocycles. The fourth-order valence-corrected chi connectivity index (χ4v) is 2.31. The third kappa shape index (κ3) is 2.55. The lowest BCUT2D eigenvalue weighted by atomic mass is 10.2. The number of aliphatic hydroxyl groups excluding tert-OH is 1. The van der Waals surface area contributed by atoms with Gasteiger partial charge in [0, 0.05) is 18.2 Å². The molecule has 23 heavy (non-hydrogen) atoms. The van der Waals surface area contributed by atoms with Gasteiger partial charge in [-0.1, -0.05) is 18.2 Å². The van der Waals surface area contributed by atoms with Gasteiger partial charge in [0.1, 0.15) is 5.82 Å². The molecule has 1 aromatic heterocycles. The molecule has 7 heteroatoms. The molecular formula is C16H11N3O4. The summed E-state index contributed by atoms with van der Waals surface area (Å²) in [5.41, 5.74) is 0.242. The van der Waals surface area contributed by atoms with Gasteiger partial charge < -0.3 is 5.11 Å². The number of nitro groups is 1. The number of non-ortho nitro benzene ring substituents is 1. The molecule has 0 unspecified atom stereocenters. The molecule has 7 nitrogen and oxygen atoms in total. The van der Waals surface area contributed by atoms with Crippen molar-refractivity contribution in [1.82, 2.24) is 9.55 Å². The van der Waals surface area contributed by atoms with Gasteiger partial charge in [-0.25, -0.2) is 4.98 Å². The summed E-state index contributed by atoms with van der Waals surface area (Å²) in [5, 5.41) is 20.1. The number of hydrogen-bond donors (Lipinski definition) is 1. The summed E-state index contributed by atoms with van der Waals surface area (Å²) in [4.78, 5) is 27.4. The van der Waals surface area contributed by atoms with Crippen molar-refractivity contribution >= 4 is 22.7 Å². The van der Waals surface area contributed by atoms with Crippen LogP contribution in [0.5, 0.6) is 0 Å². The molecule has 1 N–H and O–H groups in total. The van der Waals surface area contributed by atoms with Crippen molar-refractivity contribution in [2.45, 2.75) is 0 Å². The van der Waals surface area contributed by atoms with Gasteiger partial charge >= 0.3 is 0 Å². The molecule has 0 bridgehead atoms. The minimum atomic E-state index is -0.562. The van der Waals surface area contributed by atoms with Crippen LogP contribution < -0.4 is 5.56 Å². The first-order valence-electron chi connectivity index (χ1n) is 6.69. The Bertz CT molecular complexity index is 978. The summed E-state index contributed by atoms with van der Waals surface area (Å²) in [7, 11) is 0. The maximum atomic E-state index is 12.8. The molecule has 0 aliphatic rings. The van der Waals surface area contributed by atoms with Crippen LogP contribution in [-0.2, 0) is 0 Å². The second-order valence-corrected chi connectivity index (χ2v) is 4.72. The molecular weight excluding hydrogens is 298 g/mol. The van der Waals surface area contributed by atoms with Gasteiger partial charge in [-0.2, -0.15) is 0 Å². The molecule has 3 rings (SSSR count). The number of hydrogen-bond acceptors (Lipinski definition) is 5. The van der Waals surface area contributed by atoms with Gasteiger partial charge in [-0.3, -0.25) is 19.5 Å². The first-order valence-corrected chi connectivity index (χ1v) is 6.69. The van der Waals surface area contributed by atoms with E-state index >= 15 is 0 Å². The van der Waals surface area contributed by atoms with Crippen LogP contribution in [0.4, 0.5) is 5.69 Å². The normalized spacial score (nSPS) is 11.1. The summed E-state index contributed by atoms with van der Waals surface area (Å²) in [6, 6.07) is 12.6. The second kappa shape index (κ2) is 5.72. The van der Waals surface area contributed by atoms with Crippen molar-refractivity contribution in [3.63, 3.8) is 0 Å². The smallest absolute Gasteiger partial charge is 0.270 e. The van der Waals surface area contributed by atoms with E-state index < -0.39 is 10.5 Å². The number of fused-ring (bicyclic) bond motifs is 1.